The Morgan fingerprint density at radius 1 is 1.04 bits per heavy atom. The van der Waals surface area contributed by atoms with E-state index in [2.05, 4.69) is 15.6 Å². The van der Waals surface area contributed by atoms with Gasteiger partial charge in [0.2, 0.25) is 0 Å². The van der Waals surface area contributed by atoms with E-state index in [-0.39, 0.29) is 17.4 Å². The standard InChI is InChI=1S/C19H15ClFN3O/c1-12-16(20)3-2-4-17(12)24-19(25)18-10-9-15(11-22-18)23-14-7-5-13(21)6-8-14/h2-11,23H,1H3,(H,24,25). The van der Waals surface area contributed by atoms with E-state index in [1.807, 2.05) is 6.92 Å². The monoisotopic (exact) mass is 355 g/mol. The van der Waals surface area contributed by atoms with Crippen molar-refractivity contribution in [2.75, 3.05) is 10.6 Å². The molecule has 1 heterocycles. The molecule has 0 aliphatic heterocycles. The third-order valence-corrected chi connectivity index (χ3v) is 4.05. The molecule has 6 heteroatoms. The molecule has 1 amide bonds. The topological polar surface area (TPSA) is 54.0 Å². The summed E-state index contributed by atoms with van der Waals surface area (Å²) in [4.78, 5) is 16.5. The highest BCUT2D eigenvalue weighted by Crippen LogP contribution is 2.23. The van der Waals surface area contributed by atoms with Crippen molar-refractivity contribution in [2.45, 2.75) is 6.92 Å². The van der Waals surface area contributed by atoms with Crippen LogP contribution >= 0.6 is 11.6 Å². The number of hydrogen-bond donors (Lipinski definition) is 2. The van der Waals surface area contributed by atoms with Crippen molar-refractivity contribution in [3.63, 3.8) is 0 Å². The number of halogens is 2. The highest BCUT2D eigenvalue weighted by atomic mass is 35.5. The summed E-state index contributed by atoms with van der Waals surface area (Å²) in [7, 11) is 0. The minimum absolute atomic E-state index is 0.282. The summed E-state index contributed by atoms with van der Waals surface area (Å²) in [6.45, 7) is 1.83. The van der Waals surface area contributed by atoms with Crippen LogP contribution in [0.5, 0.6) is 0 Å². The minimum Gasteiger partial charge on any atom is -0.354 e. The molecule has 0 aliphatic carbocycles. The second kappa shape index (κ2) is 7.32. The molecule has 3 aromatic rings. The fourth-order valence-electron chi connectivity index (χ4n) is 2.23. The first-order valence-electron chi connectivity index (χ1n) is 7.58. The summed E-state index contributed by atoms with van der Waals surface area (Å²) in [6.07, 6.45) is 1.54. The zero-order valence-electron chi connectivity index (χ0n) is 13.4. The summed E-state index contributed by atoms with van der Waals surface area (Å²) in [5, 5.41) is 6.47. The smallest absolute Gasteiger partial charge is 0.274 e. The molecule has 2 aromatic carbocycles. The molecule has 0 saturated carbocycles. The number of benzene rings is 2. The van der Waals surface area contributed by atoms with Crippen molar-refractivity contribution in [1.82, 2.24) is 4.98 Å². The van der Waals surface area contributed by atoms with Gasteiger partial charge in [-0.2, -0.15) is 0 Å². The van der Waals surface area contributed by atoms with E-state index in [1.54, 1.807) is 48.7 Å². The number of rotatable bonds is 4. The third-order valence-electron chi connectivity index (χ3n) is 3.64. The van der Waals surface area contributed by atoms with Gasteiger partial charge in [-0.15, -0.1) is 0 Å². The molecule has 126 valence electrons. The number of anilines is 3. The fourth-order valence-corrected chi connectivity index (χ4v) is 2.41. The molecule has 0 spiro atoms. The lowest BCUT2D eigenvalue weighted by Crippen LogP contribution is -2.14. The van der Waals surface area contributed by atoms with Crippen molar-refractivity contribution in [3.05, 3.63) is 82.9 Å². The molecule has 0 atom stereocenters. The van der Waals surface area contributed by atoms with Crippen LogP contribution in [0.2, 0.25) is 5.02 Å². The largest absolute Gasteiger partial charge is 0.354 e. The first-order chi connectivity index (χ1) is 12.0. The van der Waals surface area contributed by atoms with Crippen LogP contribution in [0.25, 0.3) is 0 Å². The van der Waals surface area contributed by atoms with Gasteiger partial charge in [0.25, 0.3) is 5.91 Å². The Labute approximate surface area is 149 Å². The Bertz CT molecular complexity index is 896. The summed E-state index contributed by atoms with van der Waals surface area (Å²) < 4.78 is 12.9. The van der Waals surface area contributed by atoms with Crippen LogP contribution in [0.4, 0.5) is 21.5 Å². The molecule has 0 radical (unpaired) electrons. The van der Waals surface area contributed by atoms with Crippen molar-refractivity contribution < 1.29 is 9.18 Å². The number of nitrogens with one attached hydrogen (secondary N) is 2. The quantitative estimate of drug-likeness (QED) is 0.678. The lowest BCUT2D eigenvalue weighted by molar-refractivity contribution is 0.102. The van der Waals surface area contributed by atoms with Gasteiger partial charge in [0.1, 0.15) is 11.5 Å². The Hall–Kier alpha value is -2.92. The molecule has 0 fully saturated rings. The van der Waals surface area contributed by atoms with Crippen LogP contribution in [0.15, 0.2) is 60.8 Å². The Morgan fingerprint density at radius 2 is 1.76 bits per heavy atom. The van der Waals surface area contributed by atoms with E-state index in [9.17, 15) is 9.18 Å². The zero-order valence-corrected chi connectivity index (χ0v) is 14.1. The average molecular weight is 356 g/mol. The number of amides is 1. The molecular formula is C19H15ClFN3O. The number of hydrogen-bond acceptors (Lipinski definition) is 3. The van der Waals surface area contributed by atoms with E-state index in [1.165, 1.54) is 12.1 Å². The van der Waals surface area contributed by atoms with Crippen LogP contribution in [0.1, 0.15) is 16.1 Å². The first-order valence-corrected chi connectivity index (χ1v) is 7.96. The maximum absolute atomic E-state index is 12.9. The molecule has 0 unspecified atom stereocenters. The summed E-state index contributed by atoms with van der Waals surface area (Å²) in [6, 6.07) is 14.6. The molecule has 1 aromatic heterocycles. The fraction of sp³-hybridized carbons (Fsp3) is 0.0526. The Kier molecular flexibility index (Phi) is 4.95. The van der Waals surface area contributed by atoms with Gasteiger partial charge in [-0.1, -0.05) is 17.7 Å². The maximum atomic E-state index is 12.9. The van der Waals surface area contributed by atoms with Crippen LogP contribution < -0.4 is 10.6 Å². The van der Waals surface area contributed by atoms with Gasteiger partial charge >= 0.3 is 0 Å². The maximum Gasteiger partial charge on any atom is 0.274 e. The Morgan fingerprint density at radius 3 is 2.44 bits per heavy atom. The summed E-state index contributed by atoms with van der Waals surface area (Å²) in [5.74, 6) is -0.620. The molecule has 3 rings (SSSR count). The average Bonchev–Trinajstić information content (AvgIpc) is 2.61. The van der Waals surface area contributed by atoms with E-state index < -0.39 is 0 Å². The zero-order chi connectivity index (χ0) is 17.8. The molecule has 0 saturated heterocycles. The number of aromatic nitrogens is 1. The SMILES string of the molecule is Cc1c(Cl)cccc1NC(=O)c1ccc(Nc2ccc(F)cc2)cn1. The number of nitrogens with zero attached hydrogens (tertiary/aromatic N) is 1. The van der Waals surface area contributed by atoms with Gasteiger partial charge in [0, 0.05) is 16.4 Å². The number of carbonyl (C=O) groups is 1. The molecule has 0 bridgehead atoms. The second-order valence-electron chi connectivity index (χ2n) is 5.43. The van der Waals surface area contributed by atoms with Gasteiger partial charge < -0.3 is 10.6 Å². The van der Waals surface area contributed by atoms with Crippen LogP contribution in [0.3, 0.4) is 0 Å². The predicted molar refractivity (Wildman–Crippen MR) is 98.1 cm³/mol. The van der Waals surface area contributed by atoms with Gasteiger partial charge in [-0.3, -0.25) is 4.79 Å². The predicted octanol–water partition coefficient (Wildman–Crippen LogP) is 5.18. The van der Waals surface area contributed by atoms with Gasteiger partial charge in [-0.25, -0.2) is 9.37 Å². The summed E-state index contributed by atoms with van der Waals surface area (Å²) in [5.41, 5.74) is 3.15. The highest BCUT2D eigenvalue weighted by molar-refractivity contribution is 6.31. The van der Waals surface area contributed by atoms with Crippen molar-refractivity contribution in [3.8, 4) is 0 Å². The third kappa shape index (κ3) is 4.14. The van der Waals surface area contributed by atoms with Crippen LogP contribution in [-0.2, 0) is 0 Å². The van der Waals surface area contributed by atoms with Gasteiger partial charge in [-0.05, 0) is 61.0 Å². The van der Waals surface area contributed by atoms with E-state index >= 15 is 0 Å². The van der Waals surface area contributed by atoms with Crippen molar-refractivity contribution in [2.24, 2.45) is 0 Å². The van der Waals surface area contributed by atoms with Crippen LogP contribution in [0, 0.1) is 12.7 Å². The normalized spacial score (nSPS) is 10.4. The highest BCUT2D eigenvalue weighted by Gasteiger charge is 2.10. The Balaban J connectivity index is 1.70. The van der Waals surface area contributed by atoms with E-state index in [4.69, 9.17) is 11.6 Å². The molecule has 25 heavy (non-hydrogen) atoms. The molecule has 4 nitrogen and oxygen atoms in total. The van der Waals surface area contributed by atoms with E-state index in [0.717, 1.165) is 11.3 Å². The molecule has 0 aliphatic rings. The first kappa shape index (κ1) is 16.9. The minimum atomic E-state index is -0.321. The summed E-state index contributed by atoms with van der Waals surface area (Å²) >= 11 is 6.05. The molecule has 2 N–H and O–H groups in total. The van der Waals surface area contributed by atoms with Crippen molar-refractivity contribution >= 4 is 34.6 Å². The number of pyridine rings is 1. The van der Waals surface area contributed by atoms with Crippen molar-refractivity contribution in [1.29, 1.82) is 0 Å². The second-order valence-corrected chi connectivity index (χ2v) is 5.84. The molecular weight excluding hydrogens is 341 g/mol. The lowest BCUT2D eigenvalue weighted by Gasteiger charge is -2.10. The van der Waals surface area contributed by atoms with Crippen LogP contribution in [-0.4, -0.2) is 10.9 Å². The van der Waals surface area contributed by atoms with E-state index in [0.29, 0.717) is 16.4 Å². The van der Waals surface area contributed by atoms with Gasteiger partial charge in [0.05, 0.1) is 11.9 Å². The number of carbonyl (C=O) groups excluding carboxylic acids is 1. The lowest BCUT2D eigenvalue weighted by atomic mass is 10.2. The van der Waals surface area contributed by atoms with Gasteiger partial charge in [0.15, 0.2) is 0 Å².